The van der Waals surface area contributed by atoms with Crippen LogP contribution in [0.15, 0.2) is 47.4 Å². The maximum absolute atomic E-state index is 13.1. The first-order chi connectivity index (χ1) is 15.2. The van der Waals surface area contributed by atoms with E-state index < -0.39 is 15.7 Å². The average Bonchev–Trinajstić information content (AvgIpc) is 3.16. The van der Waals surface area contributed by atoms with Crippen molar-refractivity contribution >= 4 is 42.4 Å². The fraction of sp³-hybridized carbons (Fsp3) is 0.364. The Kier molecular flexibility index (Phi) is 7.81. The van der Waals surface area contributed by atoms with Crippen molar-refractivity contribution in [2.75, 3.05) is 44.4 Å². The van der Waals surface area contributed by atoms with Crippen molar-refractivity contribution < 1.29 is 22.3 Å². The summed E-state index contributed by atoms with van der Waals surface area (Å²) in [5.74, 6) is -0.485. The Morgan fingerprint density at radius 1 is 1.12 bits per heavy atom. The molecule has 0 aliphatic carbocycles. The van der Waals surface area contributed by atoms with Gasteiger partial charge >= 0.3 is 0 Å². The molecule has 0 radical (unpaired) electrons. The zero-order valence-electron chi connectivity index (χ0n) is 18.2. The van der Waals surface area contributed by atoms with E-state index in [0.29, 0.717) is 24.8 Å². The standard InChI is InChI=1S/C22H26FN3O4S2/c1-4-30-17-7-10-19-20(15-17)31-22(24-19)26(13-12-25(2)3)21(27)11-14-32(28,29)18-8-5-16(23)6-9-18/h5-10,15H,4,11-14H2,1-3H3. The van der Waals surface area contributed by atoms with Crippen molar-refractivity contribution in [1.82, 2.24) is 9.88 Å². The van der Waals surface area contributed by atoms with Crippen molar-refractivity contribution in [2.24, 2.45) is 0 Å². The predicted octanol–water partition coefficient (Wildman–Crippen LogP) is 3.59. The Morgan fingerprint density at radius 2 is 1.84 bits per heavy atom. The van der Waals surface area contributed by atoms with Gasteiger partial charge in [-0.25, -0.2) is 17.8 Å². The number of rotatable bonds is 10. The van der Waals surface area contributed by atoms with Gasteiger partial charge in [0.25, 0.3) is 0 Å². The Hall–Kier alpha value is -2.56. The molecule has 32 heavy (non-hydrogen) atoms. The van der Waals surface area contributed by atoms with E-state index in [1.165, 1.54) is 28.4 Å². The highest BCUT2D eigenvalue weighted by atomic mass is 32.2. The Morgan fingerprint density at radius 3 is 2.50 bits per heavy atom. The van der Waals surface area contributed by atoms with E-state index in [4.69, 9.17) is 4.74 Å². The lowest BCUT2D eigenvalue weighted by Crippen LogP contribution is -2.37. The first kappa shape index (κ1) is 24.1. The molecule has 10 heteroatoms. The molecule has 0 aliphatic heterocycles. The molecule has 0 saturated carbocycles. The zero-order valence-corrected chi connectivity index (χ0v) is 19.9. The second-order valence-corrected chi connectivity index (χ2v) is 10.5. The summed E-state index contributed by atoms with van der Waals surface area (Å²) in [6.07, 6.45) is -0.201. The third-order valence-corrected chi connectivity index (χ3v) is 7.49. The van der Waals surface area contributed by atoms with E-state index >= 15 is 0 Å². The van der Waals surface area contributed by atoms with Crippen LogP contribution in [0.1, 0.15) is 13.3 Å². The summed E-state index contributed by atoms with van der Waals surface area (Å²) in [5, 5.41) is 0.514. The van der Waals surface area contributed by atoms with Gasteiger partial charge < -0.3 is 9.64 Å². The lowest BCUT2D eigenvalue weighted by Gasteiger charge is -2.22. The minimum absolute atomic E-state index is 0.00465. The van der Waals surface area contributed by atoms with E-state index in [0.717, 1.165) is 28.1 Å². The summed E-state index contributed by atoms with van der Waals surface area (Å²) in [4.78, 5) is 21.1. The van der Waals surface area contributed by atoms with E-state index in [1.807, 2.05) is 44.1 Å². The normalized spacial score (nSPS) is 11.8. The van der Waals surface area contributed by atoms with E-state index in [-0.39, 0.29) is 23.0 Å². The number of halogens is 1. The van der Waals surface area contributed by atoms with Crippen molar-refractivity contribution in [3.05, 3.63) is 48.3 Å². The Labute approximate surface area is 191 Å². The number of hydrogen-bond donors (Lipinski definition) is 0. The van der Waals surface area contributed by atoms with Crippen molar-refractivity contribution in [2.45, 2.75) is 18.2 Å². The van der Waals surface area contributed by atoms with E-state index in [1.54, 1.807) is 0 Å². The van der Waals surface area contributed by atoms with Crippen molar-refractivity contribution in [1.29, 1.82) is 0 Å². The number of nitrogens with zero attached hydrogens (tertiary/aromatic N) is 3. The molecular weight excluding hydrogens is 453 g/mol. The van der Waals surface area contributed by atoms with Gasteiger partial charge in [-0.3, -0.25) is 9.69 Å². The lowest BCUT2D eigenvalue weighted by atomic mass is 10.3. The molecule has 3 aromatic rings. The molecule has 172 valence electrons. The summed E-state index contributed by atoms with van der Waals surface area (Å²) in [5.41, 5.74) is 0.745. The number of aromatic nitrogens is 1. The summed E-state index contributed by atoms with van der Waals surface area (Å²) in [6, 6.07) is 10.2. The molecular formula is C22H26FN3O4S2. The van der Waals surface area contributed by atoms with Gasteiger partial charge in [0.2, 0.25) is 5.91 Å². The highest BCUT2D eigenvalue weighted by molar-refractivity contribution is 7.91. The highest BCUT2D eigenvalue weighted by Gasteiger charge is 2.23. The molecule has 2 aromatic carbocycles. The van der Waals surface area contributed by atoms with Crippen LogP contribution in [0.5, 0.6) is 5.75 Å². The number of likely N-dealkylation sites (N-methyl/N-ethyl adjacent to an activating group) is 1. The molecule has 0 aliphatic rings. The average molecular weight is 480 g/mol. The summed E-state index contributed by atoms with van der Waals surface area (Å²) in [7, 11) is 0.0806. The minimum atomic E-state index is -3.71. The number of thiazole rings is 1. The highest BCUT2D eigenvalue weighted by Crippen LogP contribution is 2.32. The molecule has 3 rings (SSSR count). The fourth-order valence-electron chi connectivity index (χ4n) is 3.01. The van der Waals surface area contributed by atoms with Gasteiger partial charge in [-0.15, -0.1) is 0 Å². The number of anilines is 1. The van der Waals surface area contributed by atoms with Crippen molar-refractivity contribution in [3.8, 4) is 5.75 Å². The summed E-state index contributed by atoms with van der Waals surface area (Å²) in [6.45, 7) is 3.42. The monoisotopic (exact) mass is 479 g/mol. The van der Waals surface area contributed by atoms with Gasteiger partial charge in [0, 0.05) is 19.5 Å². The third-order valence-electron chi connectivity index (χ3n) is 4.72. The number of ether oxygens (including phenoxy) is 1. The van der Waals surface area contributed by atoms with Crippen LogP contribution in [0.2, 0.25) is 0 Å². The number of carbonyl (C=O) groups is 1. The van der Waals surface area contributed by atoms with Crippen LogP contribution in [0.4, 0.5) is 9.52 Å². The smallest absolute Gasteiger partial charge is 0.229 e. The number of carbonyl (C=O) groups excluding carboxylic acids is 1. The molecule has 0 fully saturated rings. The van der Waals surface area contributed by atoms with Crippen molar-refractivity contribution in [3.63, 3.8) is 0 Å². The third kappa shape index (κ3) is 6.02. The van der Waals surface area contributed by atoms with Crippen LogP contribution >= 0.6 is 11.3 Å². The SMILES string of the molecule is CCOc1ccc2nc(N(CCN(C)C)C(=O)CCS(=O)(=O)c3ccc(F)cc3)sc2c1. The molecule has 0 saturated heterocycles. The van der Waals surface area contributed by atoms with Crippen LogP contribution in [-0.4, -0.2) is 63.8 Å². The van der Waals surface area contributed by atoms with Crippen LogP contribution in [0.25, 0.3) is 10.2 Å². The molecule has 0 spiro atoms. The topological polar surface area (TPSA) is 79.8 Å². The summed E-state index contributed by atoms with van der Waals surface area (Å²) >= 11 is 1.36. The van der Waals surface area contributed by atoms with Gasteiger partial charge in [-0.1, -0.05) is 11.3 Å². The van der Waals surface area contributed by atoms with Gasteiger partial charge in [-0.05, 0) is 63.5 Å². The Balaban J connectivity index is 1.80. The molecule has 0 unspecified atom stereocenters. The van der Waals surface area contributed by atoms with Gasteiger partial charge in [0.05, 0.1) is 27.5 Å². The second kappa shape index (κ2) is 10.4. The van der Waals surface area contributed by atoms with Gasteiger partial charge in [0.15, 0.2) is 15.0 Å². The number of sulfone groups is 1. The largest absolute Gasteiger partial charge is 0.494 e. The first-order valence-electron chi connectivity index (χ1n) is 10.2. The van der Waals surface area contributed by atoms with E-state index in [2.05, 4.69) is 4.98 Å². The minimum Gasteiger partial charge on any atom is -0.494 e. The molecule has 1 amide bonds. The lowest BCUT2D eigenvalue weighted by molar-refractivity contribution is -0.118. The van der Waals surface area contributed by atoms with Crippen LogP contribution in [0, 0.1) is 5.82 Å². The maximum atomic E-state index is 13.1. The number of hydrogen-bond acceptors (Lipinski definition) is 7. The first-order valence-corrected chi connectivity index (χ1v) is 12.6. The van der Waals surface area contributed by atoms with Crippen LogP contribution in [-0.2, 0) is 14.6 Å². The van der Waals surface area contributed by atoms with E-state index in [9.17, 15) is 17.6 Å². The molecule has 0 atom stereocenters. The predicted molar refractivity (Wildman–Crippen MR) is 125 cm³/mol. The molecule has 7 nitrogen and oxygen atoms in total. The van der Waals surface area contributed by atoms with Gasteiger partial charge in [-0.2, -0.15) is 0 Å². The Bertz CT molecular complexity index is 1180. The second-order valence-electron chi connectivity index (χ2n) is 7.43. The quantitative estimate of drug-likeness (QED) is 0.414. The molecule has 1 aromatic heterocycles. The molecule has 0 N–H and O–H groups in total. The number of fused-ring (bicyclic) bond motifs is 1. The van der Waals surface area contributed by atoms with Crippen LogP contribution < -0.4 is 9.64 Å². The zero-order chi connectivity index (χ0) is 23.3. The van der Waals surface area contributed by atoms with Gasteiger partial charge in [0.1, 0.15) is 11.6 Å². The summed E-state index contributed by atoms with van der Waals surface area (Å²) < 4.78 is 44.7. The maximum Gasteiger partial charge on any atom is 0.229 e. The van der Waals surface area contributed by atoms with Crippen LogP contribution in [0.3, 0.4) is 0 Å². The fourth-order valence-corrected chi connectivity index (χ4v) is 5.28. The molecule has 1 heterocycles. The number of benzene rings is 2. The number of amides is 1. The molecule has 0 bridgehead atoms.